The van der Waals surface area contributed by atoms with E-state index in [0.717, 1.165) is 35.6 Å². The van der Waals surface area contributed by atoms with Crippen molar-refractivity contribution in [2.75, 3.05) is 4.90 Å². The molecule has 1 aromatic heterocycles. The fourth-order valence-corrected chi connectivity index (χ4v) is 3.79. The molecule has 1 aliphatic rings. The van der Waals surface area contributed by atoms with E-state index in [1.807, 2.05) is 6.92 Å². The van der Waals surface area contributed by atoms with E-state index in [1.54, 1.807) is 24.4 Å². The topological polar surface area (TPSA) is 116 Å². The van der Waals surface area contributed by atoms with Gasteiger partial charge >= 0.3 is 18.0 Å². The van der Waals surface area contributed by atoms with Crippen LogP contribution in [0.4, 0.5) is 14.9 Å². The minimum Gasteiger partial charge on any atom is -0.460 e. The van der Waals surface area contributed by atoms with Crippen LogP contribution < -0.4 is 10.6 Å². The summed E-state index contributed by atoms with van der Waals surface area (Å²) in [6.07, 6.45) is 1.99. The number of anilines is 1. The molecule has 1 aromatic carbocycles. The molecule has 11 heteroatoms. The van der Waals surface area contributed by atoms with Crippen LogP contribution >= 0.6 is 22.9 Å². The highest BCUT2D eigenvalue weighted by atomic mass is 35.5. The van der Waals surface area contributed by atoms with E-state index in [-0.39, 0.29) is 33.7 Å². The molecule has 0 fully saturated rings. The molecule has 0 radical (unpaired) electrons. The van der Waals surface area contributed by atoms with E-state index in [9.17, 15) is 23.6 Å². The molecule has 0 aliphatic carbocycles. The summed E-state index contributed by atoms with van der Waals surface area (Å²) in [6.45, 7) is 3.53. The van der Waals surface area contributed by atoms with Crippen molar-refractivity contribution in [1.82, 2.24) is 0 Å². The molecule has 3 rings (SSSR count). The average Bonchev–Trinajstić information content (AvgIpc) is 3.37. The van der Waals surface area contributed by atoms with Crippen LogP contribution in [0.5, 0.6) is 0 Å². The number of carbonyl (C=O) groups excluding carboxylic acids is 4. The van der Waals surface area contributed by atoms with Gasteiger partial charge in [-0.25, -0.2) is 23.7 Å². The van der Waals surface area contributed by atoms with E-state index in [0.29, 0.717) is 16.2 Å². The molecule has 1 unspecified atom stereocenters. The zero-order chi connectivity index (χ0) is 24.3. The molecule has 33 heavy (non-hydrogen) atoms. The van der Waals surface area contributed by atoms with Crippen LogP contribution in [0, 0.1) is 5.82 Å². The monoisotopic (exact) mass is 492 g/mol. The number of fused-ring (bicyclic) bond motifs is 1. The summed E-state index contributed by atoms with van der Waals surface area (Å²) in [6, 6.07) is 4.12. The van der Waals surface area contributed by atoms with Gasteiger partial charge in [0.05, 0.1) is 27.3 Å². The van der Waals surface area contributed by atoms with Crippen LogP contribution in [0.15, 0.2) is 41.8 Å². The minimum atomic E-state index is -1.12. The molecular weight excluding hydrogens is 475 g/mol. The number of rotatable bonds is 6. The fraction of sp³-hybridized carbons (Fsp3) is 0.182. The van der Waals surface area contributed by atoms with Gasteiger partial charge in [-0.05, 0) is 36.9 Å². The average molecular weight is 493 g/mol. The summed E-state index contributed by atoms with van der Waals surface area (Å²) >= 11 is 6.95. The van der Waals surface area contributed by atoms with Gasteiger partial charge in [-0.1, -0.05) is 24.6 Å². The normalized spacial score (nSPS) is 15.4. The summed E-state index contributed by atoms with van der Waals surface area (Å²) in [7, 11) is 0. The third kappa shape index (κ3) is 5.12. The van der Waals surface area contributed by atoms with Crippen molar-refractivity contribution >= 4 is 63.8 Å². The molecule has 1 atom stereocenters. The lowest BCUT2D eigenvalue weighted by molar-refractivity contribution is -0.142. The summed E-state index contributed by atoms with van der Waals surface area (Å²) in [5.41, 5.74) is 5.01. The maximum Gasteiger partial charge on any atom is 0.336 e. The molecule has 172 valence electrons. The maximum absolute atomic E-state index is 14.2. The molecule has 0 spiro atoms. The first-order valence-electron chi connectivity index (χ1n) is 9.66. The third-order valence-corrected chi connectivity index (χ3v) is 5.77. The lowest BCUT2D eigenvalue weighted by Crippen LogP contribution is -2.38. The second-order valence-electron chi connectivity index (χ2n) is 6.85. The van der Waals surface area contributed by atoms with Gasteiger partial charge in [0.15, 0.2) is 5.76 Å². The second kappa shape index (κ2) is 9.97. The van der Waals surface area contributed by atoms with Crippen molar-refractivity contribution in [2.45, 2.75) is 26.4 Å². The number of carbonyl (C=O) groups is 4. The van der Waals surface area contributed by atoms with Crippen LogP contribution in [0.2, 0.25) is 5.02 Å². The number of imide groups is 1. The Morgan fingerprint density at radius 2 is 1.97 bits per heavy atom. The zero-order valence-electron chi connectivity index (χ0n) is 17.5. The van der Waals surface area contributed by atoms with Crippen LogP contribution in [0.3, 0.4) is 0 Å². The summed E-state index contributed by atoms with van der Waals surface area (Å²) in [5.74, 6) is -3.74. The number of primary amides is 1. The summed E-state index contributed by atoms with van der Waals surface area (Å²) in [4.78, 5) is 50.2. The number of urea groups is 1. The Hall–Kier alpha value is -3.50. The number of hydrogen-bond acceptors (Lipinski definition) is 7. The molecule has 0 saturated carbocycles. The Labute approximate surface area is 197 Å². The molecule has 2 N–H and O–H groups in total. The molecule has 0 saturated heterocycles. The predicted molar refractivity (Wildman–Crippen MR) is 121 cm³/mol. The van der Waals surface area contributed by atoms with Crippen LogP contribution in [0.1, 0.15) is 30.7 Å². The molecular formula is C22H18ClFN2O6S. The van der Waals surface area contributed by atoms with Gasteiger partial charge in [0.1, 0.15) is 5.82 Å². The summed E-state index contributed by atoms with van der Waals surface area (Å²) < 4.78 is 24.7. The molecule has 2 heterocycles. The number of ether oxygens (including phenoxy) is 2. The van der Waals surface area contributed by atoms with E-state index < -0.39 is 29.7 Å². The Morgan fingerprint density at radius 3 is 2.58 bits per heavy atom. The quantitative estimate of drug-likeness (QED) is 0.365. The standard InChI is InChI=1S/C22H18ClFN2O6S/c1-3-11(2)31-17(27)6-7-18(28)32-20(16-5-4-8-33-16)19-12-9-14(24)13(23)10-15(12)26(21(19)29)22(25)30/h4-11H,3H2,1-2H3,(H2,25,30). The number of benzene rings is 1. The van der Waals surface area contributed by atoms with Gasteiger partial charge in [-0.3, -0.25) is 4.79 Å². The largest absolute Gasteiger partial charge is 0.460 e. The number of esters is 2. The maximum atomic E-state index is 14.2. The highest BCUT2D eigenvalue weighted by molar-refractivity contribution is 7.11. The van der Waals surface area contributed by atoms with E-state index in [2.05, 4.69) is 0 Å². The van der Waals surface area contributed by atoms with Gasteiger partial charge in [0, 0.05) is 17.7 Å². The SMILES string of the molecule is CCC(C)OC(=O)C=CC(=O)OC(=C1C(=O)N(C(N)=O)c2cc(Cl)c(F)cc21)c1cccs1. The Kier molecular flexibility index (Phi) is 7.29. The molecule has 2 aromatic rings. The van der Waals surface area contributed by atoms with E-state index >= 15 is 0 Å². The number of halogens is 2. The highest BCUT2D eigenvalue weighted by Crippen LogP contribution is 2.43. The first-order valence-corrected chi connectivity index (χ1v) is 10.9. The van der Waals surface area contributed by atoms with Crippen molar-refractivity contribution in [3.05, 3.63) is 63.1 Å². The van der Waals surface area contributed by atoms with Gasteiger partial charge in [-0.15, -0.1) is 11.3 Å². The molecule has 3 amide bonds. The van der Waals surface area contributed by atoms with E-state index in [4.69, 9.17) is 26.8 Å². The Bertz CT molecular complexity index is 1190. The number of amides is 3. The number of thiophene rings is 1. The molecule has 0 bridgehead atoms. The smallest absolute Gasteiger partial charge is 0.336 e. The molecule has 8 nitrogen and oxygen atoms in total. The van der Waals surface area contributed by atoms with Crippen molar-refractivity contribution in [3.63, 3.8) is 0 Å². The van der Waals surface area contributed by atoms with Crippen molar-refractivity contribution in [1.29, 1.82) is 0 Å². The van der Waals surface area contributed by atoms with Gasteiger partial charge in [0.2, 0.25) is 0 Å². The van der Waals surface area contributed by atoms with Crippen LogP contribution in [-0.2, 0) is 23.9 Å². The van der Waals surface area contributed by atoms with Crippen molar-refractivity contribution in [2.24, 2.45) is 5.73 Å². The highest BCUT2D eigenvalue weighted by Gasteiger charge is 2.40. The van der Waals surface area contributed by atoms with E-state index in [1.165, 1.54) is 0 Å². The van der Waals surface area contributed by atoms with Crippen LogP contribution in [-0.4, -0.2) is 30.0 Å². The van der Waals surface area contributed by atoms with Gasteiger partial charge in [-0.2, -0.15) is 0 Å². The Morgan fingerprint density at radius 1 is 1.27 bits per heavy atom. The second-order valence-corrected chi connectivity index (χ2v) is 8.21. The Balaban J connectivity index is 2.06. The molecule has 1 aliphatic heterocycles. The zero-order valence-corrected chi connectivity index (χ0v) is 19.0. The minimum absolute atomic E-state index is 0.0305. The lowest BCUT2D eigenvalue weighted by atomic mass is 10.0. The number of nitrogens with two attached hydrogens (primary N) is 1. The lowest BCUT2D eigenvalue weighted by Gasteiger charge is -2.12. The summed E-state index contributed by atoms with van der Waals surface area (Å²) in [5, 5.41) is 1.34. The number of nitrogens with zero attached hydrogens (tertiary/aromatic N) is 1. The van der Waals surface area contributed by atoms with Crippen LogP contribution in [0.25, 0.3) is 11.3 Å². The fourth-order valence-electron chi connectivity index (χ4n) is 2.92. The first-order chi connectivity index (χ1) is 15.6. The third-order valence-electron chi connectivity index (χ3n) is 4.61. The van der Waals surface area contributed by atoms with Crippen molar-refractivity contribution in [3.8, 4) is 0 Å². The van der Waals surface area contributed by atoms with Gasteiger partial charge in [0.25, 0.3) is 5.91 Å². The van der Waals surface area contributed by atoms with Gasteiger partial charge < -0.3 is 15.2 Å². The number of hydrogen-bond donors (Lipinski definition) is 1. The predicted octanol–water partition coefficient (Wildman–Crippen LogP) is 4.28. The van der Waals surface area contributed by atoms with Crippen molar-refractivity contribution < 1.29 is 33.0 Å². The first kappa shape index (κ1) is 24.1.